The summed E-state index contributed by atoms with van der Waals surface area (Å²) >= 11 is 0. The summed E-state index contributed by atoms with van der Waals surface area (Å²) in [7, 11) is 3.72. The molecule has 2 aromatic rings. The van der Waals surface area contributed by atoms with Gasteiger partial charge in [0.2, 0.25) is 0 Å². The summed E-state index contributed by atoms with van der Waals surface area (Å²) < 4.78 is 7.65. The molecule has 114 valence electrons. The molecule has 2 aromatic heterocycles. The van der Waals surface area contributed by atoms with Gasteiger partial charge in [-0.25, -0.2) is 0 Å². The number of nitrogens with one attached hydrogen (secondary N) is 1. The molecular weight excluding hydrogens is 262 g/mol. The van der Waals surface area contributed by atoms with E-state index < -0.39 is 0 Å². The Morgan fingerprint density at radius 1 is 1.38 bits per heavy atom. The van der Waals surface area contributed by atoms with Gasteiger partial charge in [-0.05, 0) is 38.9 Å². The third-order valence-electron chi connectivity index (χ3n) is 4.01. The number of ether oxygens (including phenoxy) is 1. The number of methoxy groups -OCH3 is 1. The molecule has 21 heavy (non-hydrogen) atoms. The SMILES string of the molecule is CCC(NC)c1ccn(Cc2ncc(C)c(OC)c2C)c1. The van der Waals surface area contributed by atoms with Crippen LogP contribution in [-0.4, -0.2) is 23.7 Å². The summed E-state index contributed by atoms with van der Waals surface area (Å²) in [4.78, 5) is 4.56. The molecule has 0 aliphatic carbocycles. The van der Waals surface area contributed by atoms with E-state index in [2.05, 4.69) is 47.2 Å². The van der Waals surface area contributed by atoms with Crippen LogP contribution in [0.3, 0.4) is 0 Å². The lowest BCUT2D eigenvalue weighted by Crippen LogP contribution is -2.14. The third kappa shape index (κ3) is 3.27. The lowest BCUT2D eigenvalue weighted by atomic mass is 10.1. The van der Waals surface area contributed by atoms with Gasteiger partial charge in [0.1, 0.15) is 5.75 Å². The first-order valence-electron chi connectivity index (χ1n) is 7.42. The van der Waals surface area contributed by atoms with Crippen molar-refractivity contribution in [2.75, 3.05) is 14.2 Å². The number of rotatable bonds is 6. The van der Waals surface area contributed by atoms with Crippen molar-refractivity contribution in [3.63, 3.8) is 0 Å². The minimum atomic E-state index is 0.410. The Bertz CT molecular complexity index is 600. The molecule has 2 rings (SSSR count). The van der Waals surface area contributed by atoms with Gasteiger partial charge in [0, 0.05) is 35.8 Å². The van der Waals surface area contributed by atoms with E-state index in [4.69, 9.17) is 4.74 Å². The van der Waals surface area contributed by atoms with Gasteiger partial charge in [0.25, 0.3) is 0 Å². The molecule has 0 aliphatic heterocycles. The summed E-state index contributed by atoms with van der Waals surface area (Å²) in [6.07, 6.45) is 7.27. The number of hydrogen-bond acceptors (Lipinski definition) is 3. The van der Waals surface area contributed by atoms with Gasteiger partial charge in [0.15, 0.2) is 0 Å². The Balaban J connectivity index is 2.23. The van der Waals surface area contributed by atoms with E-state index in [1.165, 1.54) is 5.56 Å². The van der Waals surface area contributed by atoms with E-state index in [0.717, 1.165) is 35.5 Å². The first-order chi connectivity index (χ1) is 10.1. The van der Waals surface area contributed by atoms with Crippen molar-refractivity contribution in [1.29, 1.82) is 0 Å². The Hall–Kier alpha value is -1.81. The minimum Gasteiger partial charge on any atom is -0.496 e. The maximum atomic E-state index is 5.47. The van der Waals surface area contributed by atoms with E-state index in [0.29, 0.717) is 6.04 Å². The largest absolute Gasteiger partial charge is 0.496 e. The van der Waals surface area contributed by atoms with E-state index in [1.807, 2.05) is 20.2 Å². The fraction of sp³-hybridized carbons (Fsp3) is 0.471. The summed E-state index contributed by atoms with van der Waals surface area (Å²) in [5.41, 5.74) is 4.57. The van der Waals surface area contributed by atoms with Crippen molar-refractivity contribution in [1.82, 2.24) is 14.9 Å². The van der Waals surface area contributed by atoms with Gasteiger partial charge in [-0.3, -0.25) is 4.98 Å². The highest BCUT2D eigenvalue weighted by molar-refractivity contribution is 5.41. The van der Waals surface area contributed by atoms with E-state index in [1.54, 1.807) is 7.11 Å². The van der Waals surface area contributed by atoms with Gasteiger partial charge in [-0.15, -0.1) is 0 Å². The second kappa shape index (κ2) is 6.76. The molecule has 4 heteroatoms. The van der Waals surface area contributed by atoms with Gasteiger partial charge in [0.05, 0.1) is 19.3 Å². The van der Waals surface area contributed by atoms with Crippen molar-refractivity contribution >= 4 is 0 Å². The number of hydrogen-bond donors (Lipinski definition) is 1. The van der Waals surface area contributed by atoms with Crippen LogP contribution in [0, 0.1) is 13.8 Å². The van der Waals surface area contributed by atoms with Gasteiger partial charge in [-0.2, -0.15) is 0 Å². The van der Waals surface area contributed by atoms with Crippen LogP contribution >= 0.6 is 0 Å². The first kappa shape index (κ1) is 15.6. The molecule has 0 aromatic carbocycles. The highest BCUT2D eigenvalue weighted by Crippen LogP contribution is 2.25. The second-order valence-electron chi connectivity index (χ2n) is 5.41. The van der Waals surface area contributed by atoms with Gasteiger partial charge >= 0.3 is 0 Å². The van der Waals surface area contributed by atoms with Crippen molar-refractivity contribution in [3.05, 3.63) is 47.0 Å². The molecule has 0 aliphatic rings. The van der Waals surface area contributed by atoms with E-state index in [9.17, 15) is 0 Å². The Kier molecular flexibility index (Phi) is 5.02. The van der Waals surface area contributed by atoms with Crippen molar-refractivity contribution in [2.45, 2.75) is 39.8 Å². The molecule has 1 N–H and O–H groups in total. The monoisotopic (exact) mass is 287 g/mol. The fourth-order valence-electron chi connectivity index (χ4n) is 2.77. The molecule has 0 bridgehead atoms. The molecule has 0 saturated carbocycles. The molecule has 1 unspecified atom stereocenters. The standard InChI is InChI=1S/C17H25N3O/c1-6-15(18-4)14-7-8-20(10-14)11-16-13(3)17(21-5)12(2)9-19-16/h7-10,15,18H,6,11H2,1-5H3. The average Bonchev–Trinajstić information content (AvgIpc) is 2.92. The molecule has 2 heterocycles. The second-order valence-corrected chi connectivity index (χ2v) is 5.41. The summed E-state index contributed by atoms with van der Waals surface area (Å²) in [6.45, 7) is 7.05. The zero-order valence-electron chi connectivity index (χ0n) is 13.6. The van der Waals surface area contributed by atoms with E-state index >= 15 is 0 Å². The molecule has 0 amide bonds. The van der Waals surface area contributed by atoms with Crippen LogP contribution in [0.4, 0.5) is 0 Å². The number of nitrogens with zero attached hydrogens (tertiary/aromatic N) is 2. The molecule has 4 nitrogen and oxygen atoms in total. The third-order valence-corrected chi connectivity index (χ3v) is 4.01. The summed E-state index contributed by atoms with van der Waals surface area (Å²) in [5, 5.41) is 3.33. The normalized spacial score (nSPS) is 12.4. The molecular formula is C17H25N3O. The Morgan fingerprint density at radius 2 is 2.14 bits per heavy atom. The van der Waals surface area contributed by atoms with Crippen molar-refractivity contribution in [2.24, 2.45) is 0 Å². The van der Waals surface area contributed by atoms with Crippen LogP contribution in [0.15, 0.2) is 24.7 Å². The maximum absolute atomic E-state index is 5.47. The molecule has 0 spiro atoms. The van der Waals surface area contributed by atoms with Crippen molar-refractivity contribution in [3.8, 4) is 5.75 Å². The lowest BCUT2D eigenvalue weighted by molar-refractivity contribution is 0.406. The van der Waals surface area contributed by atoms with Crippen LogP contribution in [0.5, 0.6) is 5.75 Å². The van der Waals surface area contributed by atoms with Gasteiger partial charge < -0.3 is 14.6 Å². The van der Waals surface area contributed by atoms with Crippen LogP contribution in [0.2, 0.25) is 0 Å². The molecule has 0 saturated heterocycles. The Morgan fingerprint density at radius 3 is 2.76 bits per heavy atom. The zero-order chi connectivity index (χ0) is 15.4. The maximum Gasteiger partial charge on any atom is 0.128 e. The summed E-state index contributed by atoms with van der Waals surface area (Å²) in [6, 6.07) is 2.58. The zero-order valence-corrected chi connectivity index (χ0v) is 13.6. The smallest absolute Gasteiger partial charge is 0.128 e. The molecule has 1 atom stereocenters. The first-order valence-corrected chi connectivity index (χ1v) is 7.42. The lowest BCUT2D eigenvalue weighted by Gasteiger charge is -2.13. The molecule has 0 radical (unpaired) electrons. The van der Waals surface area contributed by atoms with Crippen LogP contribution < -0.4 is 10.1 Å². The van der Waals surface area contributed by atoms with Crippen LogP contribution in [-0.2, 0) is 6.54 Å². The topological polar surface area (TPSA) is 39.1 Å². The highest BCUT2D eigenvalue weighted by Gasteiger charge is 2.11. The number of aromatic nitrogens is 2. The fourth-order valence-corrected chi connectivity index (χ4v) is 2.77. The molecule has 0 fully saturated rings. The van der Waals surface area contributed by atoms with Crippen molar-refractivity contribution < 1.29 is 4.74 Å². The van der Waals surface area contributed by atoms with Gasteiger partial charge in [-0.1, -0.05) is 6.92 Å². The number of pyridine rings is 1. The quantitative estimate of drug-likeness (QED) is 0.886. The average molecular weight is 287 g/mol. The predicted octanol–water partition coefficient (Wildman–Crippen LogP) is 3.23. The summed E-state index contributed by atoms with van der Waals surface area (Å²) in [5.74, 6) is 0.939. The minimum absolute atomic E-state index is 0.410. The van der Waals surface area contributed by atoms with Crippen LogP contribution in [0.25, 0.3) is 0 Å². The highest BCUT2D eigenvalue weighted by atomic mass is 16.5. The predicted molar refractivity (Wildman–Crippen MR) is 85.9 cm³/mol. The number of aryl methyl sites for hydroxylation is 1. The van der Waals surface area contributed by atoms with E-state index in [-0.39, 0.29) is 0 Å². The van der Waals surface area contributed by atoms with Crippen LogP contribution in [0.1, 0.15) is 41.8 Å². The Labute approximate surface area is 127 Å².